The number of aromatic nitrogens is 3. The van der Waals surface area contributed by atoms with Crippen LogP contribution >= 0.6 is 0 Å². The molecule has 0 saturated heterocycles. The highest BCUT2D eigenvalue weighted by molar-refractivity contribution is 5.68. The van der Waals surface area contributed by atoms with Crippen molar-refractivity contribution in [3.63, 3.8) is 0 Å². The van der Waals surface area contributed by atoms with Gasteiger partial charge in [0.05, 0.1) is 12.0 Å². The lowest BCUT2D eigenvalue weighted by atomic mass is 9.91. The first-order chi connectivity index (χ1) is 16.3. The number of aryl methyl sites for hydroxylation is 3. The van der Waals surface area contributed by atoms with Crippen molar-refractivity contribution >= 4 is 11.8 Å². The van der Waals surface area contributed by atoms with Gasteiger partial charge in [-0.15, -0.1) is 0 Å². The van der Waals surface area contributed by atoms with E-state index in [1.807, 2.05) is 6.07 Å². The van der Waals surface area contributed by atoms with E-state index >= 15 is 0 Å². The van der Waals surface area contributed by atoms with Crippen LogP contribution in [0.25, 0.3) is 0 Å². The summed E-state index contributed by atoms with van der Waals surface area (Å²) >= 11 is 0. The van der Waals surface area contributed by atoms with Crippen molar-refractivity contribution in [3.8, 4) is 0 Å². The maximum atomic E-state index is 12.8. The smallest absolute Gasteiger partial charge is 0.416 e. The van der Waals surface area contributed by atoms with Crippen LogP contribution in [0.2, 0.25) is 0 Å². The minimum atomic E-state index is -4.45. The van der Waals surface area contributed by atoms with Gasteiger partial charge in [-0.3, -0.25) is 4.79 Å². The van der Waals surface area contributed by atoms with Crippen LogP contribution in [0.3, 0.4) is 0 Å². The molecule has 3 heterocycles. The number of anilines is 1. The third-order valence-electron chi connectivity index (χ3n) is 5.85. The summed E-state index contributed by atoms with van der Waals surface area (Å²) in [6, 6.07) is 8.65. The van der Waals surface area contributed by atoms with Gasteiger partial charge in [0.1, 0.15) is 5.82 Å². The Labute approximate surface area is 194 Å². The fraction of sp³-hybridized carbons (Fsp3) is 0.417. The first-order valence-electron chi connectivity index (χ1n) is 11.2. The third-order valence-corrected chi connectivity index (χ3v) is 5.85. The second-order valence-electron chi connectivity index (χ2n) is 8.42. The summed E-state index contributed by atoms with van der Waals surface area (Å²) in [6.45, 7) is 0.935. The first-order valence-corrected chi connectivity index (χ1v) is 11.2. The summed E-state index contributed by atoms with van der Waals surface area (Å²) in [4.78, 5) is 20.3. The van der Waals surface area contributed by atoms with E-state index in [2.05, 4.69) is 26.5 Å². The van der Waals surface area contributed by atoms with Crippen molar-refractivity contribution in [3.05, 3.63) is 70.5 Å². The molecule has 2 N–H and O–H groups in total. The van der Waals surface area contributed by atoms with Gasteiger partial charge in [-0.1, -0.05) is 23.4 Å². The number of benzene rings is 1. The number of alkyl halides is 3. The standard InChI is InChI=1S/C24H25F3N4O3/c25-24(26,27)18-9-6-15(7-10-18)17(14-22(32)33)13-21-30-20(31-34-21)5-1-4-19-11-8-16-3-2-12-28-23(16)29-19/h6-11,17H,1-5,12-14H2,(H,28,29)(H,32,33). The Bertz CT molecular complexity index is 1130. The molecule has 7 nitrogen and oxygen atoms in total. The number of aliphatic carboxylic acids is 1. The Morgan fingerprint density at radius 3 is 2.65 bits per heavy atom. The molecular formula is C24H25F3N4O3. The summed E-state index contributed by atoms with van der Waals surface area (Å²) in [5, 5.41) is 16.6. The van der Waals surface area contributed by atoms with Crippen molar-refractivity contribution in [2.45, 2.75) is 57.0 Å². The van der Waals surface area contributed by atoms with Gasteiger partial charge < -0.3 is 14.9 Å². The lowest BCUT2D eigenvalue weighted by Gasteiger charge is -2.17. The molecule has 0 radical (unpaired) electrons. The zero-order chi connectivity index (χ0) is 24.1. The van der Waals surface area contributed by atoms with Gasteiger partial charge in [-0.05, 0) is 55.0 Å². The predicted octanol–water partition coefficient (Wildman–Crippen LogP) is 4.82. The lowest BCUT2D eigenvalue weighted by molar-refractivity contribution is -0.138. The van der Waals surface area contributed by atoms with Crippen LogP contribution in [0.5, 0.6) is 0 Å². The Hall–Kier alpha value is -3.43. The highest BCUT2D eigenvalue weighted by Crippen LogP contribution is 2.31. The molecule has 0 amide bonds. The normalized spacial score (nSPS) is 14.3. The molecule has 3 aromatic rings. The summed E-state index contributed by atoms with van der Waals surface area (Å²) in [6.07, 6.45) is -0.345. The van der Waals surface area contributed by atoms with Crippen LogP contribution in [0.4, 0.5) is 19.0 Å². The molecule has 0 saturated carbocycles. The lowest BCUT2D eigenvalue weighted by Crippen LogP contribution is -2.14. The van der Waals surface area contributed by atoms with Gasteiger partial charge in [0.15, 0.2) is 5.82 Å². The van der Waals surface area contributed by atoms with Gasteiger partial charge in [-0.2, -0.15) is 18.2 Å². The molecule has 1 unspecified atom stereocenters. The molecule has 180 valence electrons. The highest BCUT2D eigenvalue weighted by Gasteiger charge is 2.30. The number of pyridine rings is 1. The van der Waals surface area contributed by atoms with Gasteiger partial charge in [0.2, 0.25) is 5.89 Å². The van der Waals surface area contributed by atoms with E-state index in [0.717, 1.165) is 55.9 Å². The number of carboxylic acid groups (broad SMARTS) is 1. The summed E-state index contributed by atoms with van der Waals surface area (Å²) in [5.41, 5.74) is 1.92. The molecule has 34 heavy (non-hydrogen) atoms. The maximum Gasteiger partial charge on any atom is 0.416 e. The van der Waals surface area contributed by atoms with Crippen LogP contribution in [0, 0.1) is 0 Å². The third kappa shape index (κ3) is 6.12. The van der Waals surface area contributed by atoms with E-state index in [-0.39, 0.29) is 18.7 Å². The number of nitrogens with one attached hydrogen (secondary N) is 1. The molecule has 1 atom stereocenters. The van der Waals surface area contributed by atoms with Crippen LogP contribution in [0.15, 0.2) is 40.9 Å². The summed E-state index contributed by atoms with van der Waals surface area (Å²) in [5.74, 6) is 0.0834. The van der Waals surface area contributed by atoms with Gasteiger partial charge >= 0.3 is 12.1 Å². The Kier molecular flexibility index (Phi) is 7.14. The molecule has 2 aromatic heterocycles. The van der Waals surface area contributed by atoms with Crippen molar-refractivity contribution in [2.24, 2.45) is 0 Å². The van der Waals surface area contributed by atoms with E-state index in [4.69, 9.17) is 4.52 Å². The zero-order valence-electron chi connectivity index (χ0n) is 18.4. The first kappa shape index (κ1) is 23.7. The van der Waals surface area contributed by atoms with E-state index in [0.29, 0.717) is 17.8 Å². The van der Waals surface area contributed by atoms with Crippen LogP contribution in [-0.2, 0) is 36.7 Å². The van der Waals surface area contributed by atoms with Crippen LogP contribution in [-0.4, -0.2) is 32.7 Å². The summed E-state index contributed by atoms with van der Waals surface area (Å²) < 4.78 is 43.8. The van der Waals surface area contributed by atoms with E-state index in [1.54, 1.807) is 0 Å². The molecule has 1 aliphatic heterocycles. The molecule has 0 aliphatic carbocycles. The van der Waals surface area contributed by atoms with E-state index in [9.17, 15) is 23.1 Å². The monoisotopic (exact) mass is 474 g/mol. The number of hydrogen-bond acceptors (Lipinski definition) is 6. The van der Waals surface area contributed by atoms with Crippen molar-refractivity contribution in [2.75, 3.05) is 11.9 Å². The number of hydrogen-bond donors (Lipinski definition) is 2. The van der Waals surface area contributed by atoms with Crippen LogP contribution < -0.4 is 5.32 Å². The summed E-state index contributed by atoms with van der Waals surface area (Å²) in [7, 11) is 0. The Balaban J connectivity index is 1.35. The maximum absolute atomic E-state index is 12.8. The Morgan fingerprint density at radius 2 is 1.91 bits per heavy atom. The SMILES string of the molecule is O=C(O)CC(Cc1nc(CCCc2ccc3c(n2)NCCC3)no1)c1ccc(C(F)(F)F)cc1. The molecule has 1 aliphatic rings. The number of nitrogens with zero attached hydrogens (tertiary/aromatic N) is 3. The number of carbonyl (C=O) groups is 1. The topological polar surface area (TPSA) is 101 Å². The molecule has 0 spiro atoms. The number of halogens is 3. The fourth-order valence-corrected chi connectivity index (χ4v) is 4.08. The number of rotatable bonds is 9. The van der Waals surface area contributed by atoms with Crippen molar-refractivity contribution in [1.82, 2.24) is 15.1 Å². The van der Waals surface area contributed by atoms with Crippen LogP contribution in [0.1, 0.15) is 59.3 Å². The molecule has 10 heteroatoms. The average molecular weight is 474 g/mol. The predicted molar refractivity (Wildman–Crippen MR) is 118 cm³/mol. The average Bonchev–Trinajstić information content (AvgIpc) is 3.25. The van der Waals surface area contributed by atoms with Crippen molar-refractivity contribution < 1.29 is 27.6 Å². The van der Waals surface area contributed by atoms with E-state index in [1.165, 1.54) is 17.7 Å². The van der Waals surface area contributed by atoms with Gasteiger partial charge in [0.25, 0.3) is 0 Å². The minimum absolute atomic E-state index is 0.128. The number of carboxylic acids is 1. The second kappa shape index (κ2) is 10.2. The molecule has 4 rings (SSSR count). The quantitative estimate of drug-likeness (QED) is 0.459. The zero-order valence-corrected chi connectivity index (χ0v) is 18.4. The van der Waals surface area contributed by atoms with Crippen molar-refractivity contribution in [1.29, 1.82) is 0 Å². The minimum Gasteiger partial charge on any atom is -0.481 e. The second-order valence-corrected chi connectivity index (χ2v) is 8.42. The molecule has 0 bridgehead atoms. The molecule has 0 fully saturated rings. The fourth-order valence-electron chi connectivity index (χ4n) is 4.08. The molecular weight excluding hydrogens is 449 g/mol. The Morgan fingerprint density at radius 1 is 1.12 bits per heavy atom. The van der Waals surface area contributed by atoms with E-state index < -0.39 is 23.6 Å². The highest BCUT2D eigenvalue weighted by atomic mass is 19.4. The largest absolute Gasteiger partial charge is 0.481 e. The number of fused-ring (bicyclic) bond motifs is 1. The molecule has 1 aromatic carbocycles. The van der Waals surface area contributed by atoms with Gasteiger partial charge in [0, 0.05) is 31.0 Å². The van der Waals surface area contributed by atoms with Gasteiger partial charge in [-0.25, -0.2) is 4.98 Å².